The molecule has 0 saturated carbocycles. The van der Waals surface area contributed by atoms with Gasteiger partial charge in [-0.25, -0.2) is 9.97 Å². The molecule has 2 aliphatic rings. The van der Waals surface area contributed by atoms with Gasteiger partial charge in [-0.1, -0.05) is 97.1 Å². The number of hydrogen-bond acceptors (Lipinski definition) is 3. The minimum Gasteiger partial charge on any atom is -0.439 e. The van der Waals surface area contributed by atoms with Crippen molar-refractivity contribution >= 4 is 11.0 Å². The van der Waals surface area contributed by atoms with Crippen LogP contribution in [-0.2, 0) is 25.7 Å². The normalized spacial score (nSPS) is 14.4. The lowest BCUT2D eigenvalue weighted by Gasteiger charge is -2.22. The van der Waals surface area contributed by atoms with Crippen LogP contribution < -0.4 is 4.74 Å². The zero-order valence-corrected chi connectivity index (χ0v) is 26.7. The number of hydrogen-bond donors (Lipinski definition) is 0. The predicted octanol–water partition coefficient (Wildman–Crippen LogP) is 10.0. The van der Waals surface area contributed by atoms with Gasteiger partial charge in [-0.05, 0) is 103 Å². The Kier molecular flexibility index (Phi) is 6.39. The van der Waals surface area contributed by atoms with Gasteiger partial charge in [0, 0.05) is 17.2 Å². The Labute approximate surface area is 275 Å². The fraction of sp³-hybridized carbons (Fsp3) is 0.163. The van der Waals surface area contributed by atoms with Gasteiger partial charge in [-0.2, -0.15) is 0 Å². The highest BCUT2D eigenvalue weighted by atomic mass is 16.5. The van der Waals surface area contributed by atoms with Gasteiger partial charge in [0.25, 0.3) is 0 Å². The van der Waals surface area contributed by atoms with E-state index in [2.05, 4.69) is 103 Å². The van der Waals surface area contributed by atoms with Gasteiger partial charge < -0.3 is 4.74 Å². The third kappa shape index (κ3) is 4.75. The fourth-order valence-electron chi connectivity index (χ4n) is 8.13. The van der Waals surface area contributed by atoms with Crippen molar-refractivity contribution in [1.29, 1.82) is 0 Å². The molecule has 1 spiro atoms. The maximum Gasteiger partial charge on any atom is 0.219 e. The Balaban J connectivity index is 1.16. The van der Waals surface area contributed by atoms with Crippen LogP contribution >= 0.6 is 0 Å². The average Bonchev–Trinajstić information content (AvgIpc) is 3.77. The maximum absolute atomic E-state index is 6.39. The molecule has 0 aliphatic heterocycles. The Morgan fingerprint density at radius 2 is 1.28 bits per heavy atom. The molecule has 0 amide bonds. The molecule has 2 aliphatic carbocycles. The topological polar surface area (TPSA) is 39.9 Å². The molecule has 9 rings (SSSR count). The van der Waals surface area contributed by atoms with E-state index in [1.165, 1.54) is 44.6 Å². The molecule has 5 aromatic carbocycles. The number of rotatable bonds is 5. The van der Waals surface area contributed by atoms with Crippen molar-refractivity contribution in [3.63, 3.8) is 0 Å². The van der Waals surface area contributed by atoms with Crippen LogP contribution in [0, 0.1) is 19.3 Å². The summed E-state index contributed by atoms with van der Waals surface area (Å²) in [6, 6.07) is 44.6. The second-order valence-corrected chi connectivity index (χ2v) is 13.4. The summed E-state index contributed by atoms with van der Waals surface area (Å²) in [5.74, 6) is 2.22. The standard InChI is InChI=1S/C43H35N3O/c1-28-11-8-12-29(2)40(28)46-41-36-27-43(24-32-15-6-7-16-33(32)25-43)26-34(36)21-22-38(41)45-42(46)31-17-9-18-35(23-31)47-39-20-10-19-37(44-39)30-13-4-3-5-14-30/h3-23H,24-27H2,1-2H3. The van der Waals surface area contributed by atoms with Gasteiger partial charge in [0.1, 0.15) is 11.6 Å². The second kappa shape index (κ2) is 10.8. The van der Waals surface area contributed by atoms with E-state index in [1.54, 1.807) is 0 Å². The smallest absolute Gasteiger partial charge is 0.219 e. The second-order valence-electron chi connectivity index (χ2n) is 13.4. The third-order valence-corrected chi connectivity index (χ3v) is 10.2. The molecule has 2 heterocycles. The van der Waals surface area contributed by atoms with E-state index >= 15 is 0 Å². The van der Waals surface area contributed by atoms with Crippen molar-refractivity contribution in [2.75, 3.05) is 0 Å². The number of fused-ring (bicyclic) bond motifs is 4. The van der Waals surface area contributed by atoms with E-state index in [-0.39, 0.29) is 5.41 Å². The molecular formula is C43H35N3O. The molecular weight excluding hydrogens is 574 g/mol. The first-order valence-electron chi connectivity index (χ1n) is 16.5. The summed E-state index contributed by atoms with van der Waals surface area (Å²) < 4.78 is 8.83. The minimum absolute atomic E-state index is 0.241. The van der Waals surface area contributed by atoms with E-state index in [0.717, 1.165) is 59.6 Å². The van der Waals surface area contributed by atoms with Crippen LogP contribution in [0.1, 0.15) is 33.4 Å². The number of ether oxygens (including phenoxy) is 1. The molecule has 0 unspecified atom stereocenters. The van der Waals surface area contributed by atoms with E-state index in [9.17, 15) is 0 Å². The summed E-state index contributed by atoms with van der Waals surface area (Å²) in [6.45, 7) is 4.42. The summed E-state index contributed by atoms with van der Waals surface area (Å²) in [5, 5.41) is 0. The molecule has 4 nitrogen and oxygen atoms in total. The van der Waals surface area contributed by atoms with E-state index in [4.69, 9.17) is 14.7 Å². The quantitative estimate of drug-likeness (QED) is 0.195. The van der Waals surface area contributed by atoms with E-state index in [0.29, 0.717) is 5.88 Å². The molecule has 0 radical (unpaired) electrons. The Morgan fingerprint density at radius 3 is 2.06 bits per heavy atom. The predicted molar refractivity (Wildman–Crippen MR) is 189 cm³/mol. The SMILES string of the molecule is Cc1cccc(C)c1-n1c(-c2cccc(Oc3cccc(-c4ccccc4)n3)c2)nc2ccc3c(c21)CC1(Cc2ccccc2C1)C3. The molecule has 0 bridgehead atoms. The van der Waals surface area contributed by atoms with Crippen molar-refractivity contribution in [3.8, 4) is 40.0 Å². The summed E-state index contributed by atoms with van der Waals surface area (Å²) in [6.07, 6.45) is 4.46. The number of pyridine rings is 1. The van der Waals surface area contributed by atoms with Gasteiger partial charge in [-0.3, -0.25) is 4.57 Å². The zero-order chi connectivity index (χ0) is 31.5. The van der Waals surface area contributed by atoms with Crippen LogP contribution in [0.4, 0.5) is 0 Å². The number of aryl methyl sites for hydroxylation is 2. The first-order valence-corrected chi connectivity index (χ1v) is 16.5. The molecule has 2 aromatic heterocycles. The molecule has 0 fully saturated rings. The summed E-state index contributed by atoms with van der Waals surface area (Å²) >= 11 is 0. The number of nitrogens with zero attached hydrogens (tertiary/aromatic N) is 3. The van der Waals surface area contributed by atoms with Crippen molar-refractivity contribution in [2.45, 2.75) is 39.5 Å². The highest BCUT2D eigenvalue weighted by molar-refractivity contribution is 5.88. The molecule has 4 heteroatoms. The van der Waals surface area contributed by atoms with Gasteiger partial charge in [0.2, 0.25) is 5.88 Å². The van der Waals surface area contributed by atoms with E-state index < -0.39 is 0 Å². The van der Waals surface area contributed by atoms with Crippen molar-refractivity contribution < 1.29 is 4.74 Å². The summed E-state index contributed by atoms with van der Waals surface area (Å²) in [5.41, 5.74) is 15.1. The lowest BCUT2D eigenvalue weighted by Crippen LogP contribution is -2.21. The number of aromatic nitrogens is 3. The maximum atomic E-state index is 6.39. The third-order valence-electron chi connectivity index (χ3n) is 10.2. The van der Waals surface area contributed by atoms with Gasteiger partial charge in [0.05, 0.1) is 22.4 Å². The lowest BCUT2D eigenvalue weighted by molar-refractivity contribution is 0.327. The Bertz CT molecular complexity index is 2270. The van der Waals surface area contributed by atoms with Crippen LogP contribution in [0.3, 0.4) is 0 Å². The molecule has 0 N–H and O–H groups in total. The summed E-state index contributed by atoms with van der Waals surface area (Å²) in [7, 11) is 0. The van der Waals surface area contributed by atoms with Gasteiger partial charge >= 0.3 is 0 Å². The first kappa shape index (κ1) is 27.8. The molecule has 0 saturated heterocycles. The molecule has 0 atom stereocenters. The average molecular weight is 610 g/mol. The zero-order valence-electron chi connectivity index (χ0n) is 26.7. The van der Waals surface area contributed by atoms with Crippen molar-refractivity contribution in [1.82, 2.24) is 14.5 Å². The summed E-state index contributed by atoms with van der Waals surface area (Å²) in [4.78, 5) is 10.2. The highest BCUT2D eigenvalue weighted by Gasteiger charge is 2.43. The Hall–Kier alpha value is -5.48. The molecule has 7 aromatic rings. The minimum atomic E-state index is 0.241. The molecule has 228 valence electrons. The van der Waals surface area contributed by atoms with Crippen LogP contribution in [0.2, 0.25) is 0 Å². The van der Waals surface area contributed by atoms with Crippen molar-refractivity contribution in [2.24, 2.45) is 5.41 Å². The van der Waals surface area contributed by atoms with Crippen LogP contribution in [0.5, 0.6) is 11.6 Å². The van der Waals surface area contributed by atoms with Gasteiger partial charge in [0.15, 0.2) is 0 Å². The van der Waals surface area contributed by atoms with Gasteiger partial charge in [-0.15, -0.1) is 0 Å². The van der Waals surface area contributed by atoms with Crippen molar-refractivity contribution in [3.05, 3.63) is 161 Å². The molecule has 47 heavy (non-hydrogen) atoms. The van der Waals surface area contributed by atoms with Crippen LogP contribution in [-0.4, -0.2) is 14.5 Å². The monoisotopic (exact) mass is 609 g/mol. The fourth-order valence-corrected chi connectivity index (χ4v) is 8.13. The Morgan fingerprint density at radius 1 is 0.596 bits per heavy atom. The van der Waals surface area contributed by atoms with Crippen LogP contribution in [0.15, 0.2) is 127 Å². The van der Waals surface area contributed by atoms with E-state index in [1.807, 2.05) is 42.5 Å². The largest absolute Gasteiger partial charge is 0.439 e. The number of benzene rings is 5. The number of para-hydroxylation sites is 1. The first-order chi connectivity index (χ1) is 23.0. The lowest BCUT2D eigenvalue weighted by atomic mass is 9.82. The highest BCUT2D eigenvalue weighted by Crippen LogP contribution is 2.49. The van der Waals surface area contributed by atoms with Crippen LogP contribution in [0.25, 0.3) is 39.4 Å². The number of imidazole rings is 1.